The van der Waals surface area contributed by atoms with Crippen LogP contribution in [0.2, 0.25) is 0 Å². The van der Waals surface area contributed by atoms with E-state index in [-0.39, 0.29) is 0 Å². The number of nitrogens with zero attached hydrogens (tertiary/aromatic N) is 3. The van der Waals surface area contributed by atoms with Gasteiger partial charge in [-0.3, -0.25) is 4.98 Å². The molecule has 0 aliphatic rings. The summed E-state index contributed by atoms with van der Waals surface area (Å²) in [6.45, 7) is 3.62. The Kier molecular flexibility index (Phi) is 3.59. The van der Waals surface area contributed by atoms with E-state index in [0.29, 0.717) is 0 Å². The zero-order valence-electron chi connectivity index (χ0n) is 10.1. The van der Waals surface area contributed by atoms with Gasteiger partial charge in [-0.25, -0.2) is 4.98 Å². The largest absolute Gasteiger partial charge is 0.472 e. The summed E-state index contributed by atoms with van der Waals surface area (Å²) >= 11 is 0. The number of aromatic nitrogens is 2. The molecule has 0 spiro atoms. The third kappa shape index (κ3) is 2.96. The van der Waals surface area contributed by atoms with Gasteiger partial charge in [0.25, 0.3) is 0 Å². The van der Waals surface area contributed by atoms with Crippen molar-refractivity contribution >= 4 is 11.6 Å². The van der Waals surface area contributed by atoms with E-state index in [4.69, 9.17) is 4.42 Å². The van der Waals surface area contributed by atoms with Crippen LogP contribution in [0.5, 0.6) is 0 Å². The summed E-state index contributed by atoms with van der Waals surface area (Å²) in [5.74, 6) is 1.63. The van der Waals surface area contributed by atoms with Gasteiger partial charge < -0.3 is 14.6 Å². The lowest BCUT2D eigenvalue weighted by molar-refractivity contribution is 0.563. The minimum Gasteiger partial charge on any atom is -0.472 e. The molecule has 0 unspecified atom stereocenters. The Hall–Kier alpha value is -2.04. The normalized spacial score (nSPS) is 10.2. The van der Waals surface area contributed by atoms with Crippen LogP contribution in [-0.2, 0) is 6.54 Å². The maximum Gasteiger partial charge on any atom is 0.149 e. The lowest BCUT2D eigenvalue weighted by Gasteiger charge is -2.17. The first-order valence-corrected chi connectivity index (χ1v) is 5.57. The highest BCUT2D eigenvalue weighted by Crippen LogP contribution is 2.14. The zero-order chi connectivity index (χ0) is 12.1. The number of nitrogens with one attached hydrogen (secondary N) is 1. The first-order chi connectivity index (χ1) is 8.29. The summed E-state index contributed by atoms with van der Waals surface area (Å²) in [5, 5.41) is 3.14. The molecule has 0 amide bonds. The minimum atomic E-state index is 0.751. The number of hydrogen-bond acceptors (Lipinski definition) is 5. The van der Waals surface area contributed by atoms with Crippen molar-refractivity contribution in [2.45, 2.75) is 13.5 Å². The standard InChI is InChI=1S/C12H16N4O/c1-3-14-11-6-13-7-12(15-11)16(2)8-10-4-5-17-9-10/h4-7,9H,3,8H2,1-2H3,(H,14,15). The van der Waals surface area contributed by atoms with Crippen LogP contribution in [0.4, 0.5) is 11.6 Å². The highest BCUT2D eigenvalue weighted by atomic mass is 16.3. The molecule has 5 nitrogen and oxygen atoms in total. The summed E-state index contributed by atoms with van der Waals surface area (Å²) in [4.78, 5) is 10.7. The molecule has 1 N–H and O–H groups in total. The molecular weight excluding hydrogens is 216 g/mol. The molecule has 0 saturated carbocycles. The van der Waals surface area contributed by atoms with E-state index in [1.807, 2.05) is 24.9 Å². The molecule has 0 radical (unpaired) electrons. The summed E-state index contributed by atoms with van der Waals surface area (Å²) in [6, 6.07) is 1.94. The molecular formula is C12H16N4O. The van der Waals surface area contributed by atoms with Gasteiger partial charge in [-0.1, -0.05) is 0 Å². The predicted octanol–water partition coefficient (Wildman–Crippen LogP) is 2.14. The van der Waals surface area contributed by atoms with Gasteiger partial charge >= 0.3 is 0 Å². The zero-order valence-corrected chi connectivity index (χ0v) is 10.1. The van der Waals surface area contributed by atoms with E-state index >= 15 is 0 Å². The van der Waals surface area contributed by atoms with Gasteiger partial charge in [0.15, 0.2) is 0 Å². The quantitative estimate of drug-likeness (QED) is 0.856. The Balaban J connectivity index is 2.07. The van der Waals surface area contributed by atoms with Crippen LogP contribution in [-0.4, -0.2) is 23.6 Å². The van der Waals surface area contributed by atoms with Crippen LogP contribution in [0.25, 0.3) is 0 Å². The summed E-state index contributed by atoms with van der Waals surface area (Å²) in [6.07, 6.45) is 6.88. The fraction of sp³-hybridized carbons (Fsp3) is 0.333. The molecule has 90 valence electrons. The van der Waals surface area contributed by atoms with Gasteiger partial charge in [-0.15, -0.1) is 0 Å². The van der Waals surface area contributed by atoms with Gasteiger partial charge in [-0.05, 0) is 13.0 Å². The van der Waals surface area contributed by atoms with Crippen molar-refractivity contribution in [3.8, 4) is 0 Å². The Morgan fingerprint density at radius 2 is 2.29 bits per heavy atom. The third-order valence-electron chi connectivity index (χ3n) is 2.37. The molecule has 0 aromatic carbocycles. The summed E-state index contributed by atoms with van der Waals surface area (Å²) in [7, 11) is 1.98. The van der Waals surface area contributed by atoms with Gasteiger partial charge in [0.05, 0.1) is 24.9 Å². The van der Waals surface area contributed by atoms with Gasteiger partial charge in [0, 0.05) is 25.7 Å². The van der Waals surface area contributed by atoms with Crippen molar-refractivity contribution in [3.05, 3.63) is 36.5 Å². The second-order valence-electron chi connectivity index (χ2n) is 3.78. The van der Waals surface area contributed by atoms with Gasteiger partial charge in [-0.2, -0.15) is 0 Å². The van der Waals surface area contributed by atoms with Crippen molar-refractivity contribution < 1.29 is 4.42 Å². The van der Waals surface area contributed by atoms with Crippen molar-refractivity contribution in [2.24, 2.45) is 0 Å². The smallest absolute Gasteiger partial charge is 0.149 e. The van der Waals surface area contributed by atoms with Gasteiger partial charge in [0.1, 0.15) is 11.6 Å². The number of anilines is 2. The Labute approximate surface area is 100 Å². The average molecular weight is 232 g/mol. The van der Waals surface area contributed by atoms with Crippen LogP contribution in [0.15, 0.2) is 35.4 Å². The molecule has 0 saturated heterocycles. The maximum atomic E-state index is 5.04. The molecule has 0 aliphatic carbocycles. The Morgan fingerprint density at radius 3 is 3.00 bits per heavy atom. The van der Waals surface area contributed by atoms with Crippen LogP contribution in [0.1, 0.15) is 12.5 Å². The lowest BCUT2D eigenvalue weighted by atomic mass is 10.3. The molecule has 0 fully saturated rings. The summed E-state index contributed by atoms with van der Waals surface area (Å²) in [5.41, 5.74) is 1.11. The highest BCUT2D eigenvalue weighted by molar-refractivity contribution is 5.43. The fourth-order valence-corrected chi connectivity index (χ4v) is 1.54. The minimum absolute atomic E-state index is 0.751. The molecule has 0 atom stereocenters. The monoisotopic (exact) mass is 232 g/mol. The SMILES string of the molecule is CCNc1cncc(N(C)Cc2ccoc2)n1. The third-order valence-corrected chi connectivity index (χ3v) is 2.37. The molecule has 0 aliphatic heterocycles. The Morgan fingerprint density at radius 1 is 1.41 bits per heavy atom. The average Bonchev–Trinajstić information content (AvgIpc) is 2.83. The van der Waals surface area contributed by atoms with E-state index in [1.165, 1.54) is 0 Å². The lowest BCUT2D eigenvalue weighted by Crippen LogP contribution is -2.18. The predicted molar refractivity (Wildman–Crippen MR) is 67.0 cm³/mol. The second kappa shape index (κ2) is 5.34. The molecule has 2 heterocycles. The van der Waals surface area contributed by atoms with Gasteiger partial charge in [0.2, 0.25) is 0 Å². The molecule has 2 aromatic rings. The maximum absolute atomic E-state index is 5.04. The van der Waals surface area contributed by atoms with E-state index in [2.05, 4.69) is 15.3 Å². The second-order valence-corrected chi connectivity index (χ2v) is 3.78. The van der Waals surface area contributed by atoms with E-state index in [9.17, 15) is 0 Å². The van der Waals surface area contributed by atoms with Crippen LogP contribution in [0.3, 0.4) is 0 Å². The van der Waals surface area contributed by atoms with Crippen molar-refractivity contribution in [3.63, 3.8) is 0 Å². The molecule has 5 heteroatoms. The highest BCUT2D eigenvalue weighted by Gasteiger charge is 2.05. The number of furan rings is 1. The molecule has 0 bridgehead atoms. The molecule has 2 aromatic heterocycles. The Bertz CT molecular complexity index is 455. The number of hydrogen-bond donors (Lipinski definition) is 1. The molecule has 17 heavy (non-hydrogen) atoms. The first-order valence-electron chi connectivity index (χ1n) is 5.57. The molecule has 2 rings (SSSR count). The first kappa shape index (κ1) is 11.4. The van der Waals surface area contributed by atoms with Crippen LogP contribution >= 0.6 is 0 Å². The topological polar surface area (TPSA) is 54.2 Å². The van der Waals surface area contributed by atoms with Crippen molar-refractivity contribution in [1.29, 1.82) is 0 Å². The fourth-order valence-electron chi connectivity index (χ4n) is 1.54. The number of rotatable bonds is 5. The van der Waals surface area contributed by atoms with E-state index in [1.54, 1.807) is 24.9 Å². The van der Waals surface area contributed by atoms with E-state index < -0.39 is 0 Å². The van der Waals surface area contributed by atoms with Crippen LogP contribution < -0.4 is 10.2 Å². The van der Waals surface area contributed by atoms with Crippen LogP contribution in [0, 0.1) is 0 Å². The van der Waals surface area contributed by atoms with E-state index in [0.717, 1.165) is 30.3 Å². The van der Waals surface area contributed by atoms with Crippen molar-refractivity contribution in [1.82, 2.24) is 9.97 Å². The summed E-state index contributed by atoms with van der Waals surface area (Å²) < 4.78 is 5.04. The van der Waals surface area contributed by atoms with Crippen molar-refractivity contribution in [2.75, 3.05) is 23.8 Å².